The van der Waals surface area contributed by atoms with Crippen LogP contribution in [0.15, 0.2) is 48.5 Å². The summed E-state index contributed by atoms with van der Waals surface area (Å²) in [6.45, 7) is 0.632. The summed E-state index contributed by atoms with van der Waals surface area (Å²) in [6, 6.07) is 13.6. The maximum absolute atomic E-state index is 12.8. The third kappa shape index (κ3) is 4.56. The molecule has 2 aromatic rings. The van der Waals surface area contributed by atoms with Gasteiger partial charge in [-0.2, -0.15) is 0 Å². The van der Waals surface area contributed by atoms with E-state index in [9.17, 15) is 9.18 Å². The smallest absolute Gasteiger partial charge is 0.222 e. The van der Waals surface area contributed by atoms with Crippen molar-refractivity contribution in [1.82, 2.24) is 0 Å². The van der Waals surface area contributed by atoms with E-state index in [1.54, 1.807) is 12.1 Å². The van der Waals surface area contributed by atoms with Crippen LogP contribution in [0.25, 0.3) is 0 Å². The van der Waals surface area contributed by atoms with Gasteiger partial charge in [0.05, 0.1) is 5.92 Å². The molecular formula is C17H19FN2O2. The number of nitrogens with two attached hydrogens (primary N) is 2. The van der Waals surface area contributed by atoms with Crippen LogP contribution in [0.4, 0.5) is 4.39 Å². The number of amides is 1. The van der Waals surface area contributed by atoms with Crippen molar-refractivity contribution in [1.29, 1.82) is 0 Å². The standard InChI is InChI=1S/C17H19FN2O2/c18-15-5-7-16(8-6-15)22-11-13-3-1-12(2-4-13)9-14(10-19)17(20)21/h1-8,14H,9-11,19H2,(H2,20,21)/t14-/m0/s1. The normalized spacial score (nSPS) is 11.9. The Morgan fingerprint density at radius 2 is 1.64 bits per heavy atom. The van der Waals surface area contributed by atoms with Gasteiger partial charge in [-0.3, -0.25) is 4.79 Å². The number of ether oxygens (including phenoxy) is 1. The molecule has 0 saturated carbocycles. The summed E-state index contributed by atoms with van der Waals surface area (Å²) < 4.78 is 18.4. The molecule has 0 bridgehead atoms. The van der Waals surface area contributed by atoms with Crippen molar-refractivity contribution in [2.24, 2.45) is 17.4 Å². The van der Waals surface area contributed by atoms with Crippen LogP contribution in [0, 0.1) is 11.7 Å². The third-order valence-corrected chi connectivity index (χ3v) is 3.41. The van der Waals surface area contributed by atoms with Crippen LogP contribution in [0.2, 0.25) is 0 Å². The van der Waals surface area contributed by atoms with Gasteiger partial charge in [0.1, 0.15) is 18.2 Å². The van der Waals surface area contributed by atoms with Crippen LogP contribution >= 0.6 is 0 Å². The van der Waals surface area contributed by atoms with Gasteiger partial charge in [0.2, 0.25) is 5.91 Å². The van der Waals surface area contributed by atoms with E-state index in [-0.39, 0.29) is 24.2 Å². The predicted octanol–water partition coefficient (Wildman–Crippen LogP) is 2.01. The Morgan fingerprint density at radius 1 is 1.05 bits per heavy atom. The summed E-state index contributed by atoms with van der Waals surface area (Å²) in [5.74, 6) is -0.407. The molecule has 0 saturated heterocycles. The fourth-order valence-electron chi connectivity index (χ4n) is 2.05. The molecule has 1 amide bonds. The maximum Gasteiger partial charge on any atom is 0.222 e. The van der Waals surface area contributed by atoms with E-state index >= 15 is 0 Å². The largest absolute Gasteiger partial charge is 0.489 e. The van der Waals surface area contributed by atoms with E-state index in [1.165, 1.54) is 12.1 Å². The molecular weight excluding hydrogens is 283 g/mol. The molecule has 0 aromatic heterocycles. The Bertz CT molecular complexity index is 612. The van der Waals surface area contributed by atoms with E-state index in [0.717, 1.165) is 11.1 Å². The van der Waals surface area contributed by atoms with Gasteiger partial charge in [-0.25, -0.2) is 4.39 Å². The number of hydrogen-bond donors (Lipinski definition) is 2. The van der Waals surface area contributed by atoms with Gasteiger partial charge in [-0.15, -0.1) is 0 Å². The Balaban J connectivity index is 1.91. The Hall–Kier alpha value is -2.40. The number of carbonyl (C=O) groups is 1. The molecule has 5 heteroatoms. The molecule has 0 aliphatic rings. The second kappa shape index (κ2) is 7.56. The van der Waals surface area contributed by atoms with Crippen molar-refractivity contribution in [2.45, 2.75) is 13.0 Å². The fourth-order valence-corrected chi connectivity index (χ4v) is 2.05. The van der Waals surface area contributed by atoms with Gasteiger partial charge in [0.25, 0.3) is 0 Å². The molecule has 1 atom stereocenters. The highest BCUT2D eigenvalue weighted by Gasteiger charge is 2.13. The summed E-state index contributed by atoms with van der Waals surface area (Å²) in [6.07, 6.45) is 0.533. The van der Waals surface area contributed by atoms with Gasteiger partial charge >= 0.3 is 0 Å². The summed E-state index contributed by atoms with van der Waals surface area (Å²) >= 11 is 0. The molecule has 4 N–H and O–H groups in total. The molecule has 0 spiro atoms. The van der Waals surface area contributed by atoms with Crippen molar-refractivity contribution in [3.05, 3.63) is 65.5 Å². The zero-order chi connectivity index (χ0) is 15.9. The molecule has 0 aliphatic heterocycles. The van der Waals surface area contributed by atoms with Gasteiger partial charge in [0.15, 0.2) is 0 Å². The molecule has 2 rings (SSSR count). The highest BCUT2D eigenvalue weighted by atomic mass is 19.1. The van der Waals surface area contributed by atoms with E-state index in [2.05, 4.69) is 0 Å². The first-order valence-corrected chi connectivity index (χ1v) is 7.04. The number of primary amides is 1. The summed E-state index contributed by atoms with van der Waals surface area (Å²) in [5, 5.41) is 0. The number of carbonyl (C=O) groups excluding carboxylic acids is 1. The van der Waals surface area contributed by atoms with E-state index < -0.39 is 0 Å². The van der Waals surface area contributed by atoms with Gasteiger partial charge < -0.3 is 16.2 Å². The van der Waals surface area contributed by atoms with Crippen LogP contribution in [0.3, 0.4) is 0 Å². The van der Waals surface area contributed by atoms with Gasteiger partial charge in [0, 0.05) is 6.54 Å². The highest BCUT2D eigenvalue weighted by molar-refractivity contribution is 5.77. The van der Waals surface area contributed by atoms with Crippen molar-refractivity contribution in [2.75, 3.05) is 6.54 Å². The Kier molecular flexibility index (Phi) is 5.49. The Labute approximate surface area is 128 Å². The van der Waals surface area contributed by atoms with Crippen LogP contribution in [0.5, 0.6) is 5.75 Å². The minimum absolute atomic E-state index is 0.241. The van der Waals surface area contributed by atoms with Gasteiger partial charge in [-0.05, 0) is 41.8 Å². The molecule has 22 heavy (non-hydrogen) atoms. The molecule has 0 heterocycles. The lowest BCUT2D eigenvalue weighted by molar-refractivity contribution is -0.121. The average molecular weight is 302 g/mol. The molecule has 4 nitrogen and oxygen atoms in total. The molecule has 0 radical (unpaired) electrons. The number of rotatable bonds is 7. The topological polar surface area (TPSA) is 78.3 Å². The fraction of sp³-hybridized carbons (Fsp3) is 0.235. The zero-order valence-corrected chi connectivity index (χ0v) is 12.2. The number of benzene rings is 2. The lowest BCUT2D eigenvalue weighted by atomic mass is 9.98. The van der Waals surface area contributed by atoms with Crippen molar-refractivity contribution in [3.8, 4) is 5.75 Å². The summed E-state index contributed by atoms with van der Waals surface area (Å²) in [7, 11) is 0. The van der Waals surface area contributed by atoms with Crippen molar-refractivity contribution < 1.29 is 13.9 Å². The first-order chi connectivity index (χ1) is 10.6. The van der Waals surface area contributed by atoms with Crippen LogP contribution < -0.4 is 16.2 Å². The van der Waals surface area contributed by atoms with E-state index in [4.69, 9.17) is 16.2 Å². The van der Waals surface area contributed by atoms with Gasteiger partial charge in [-0.1, -0.05) is 24.3 Å². The van der Waals surface area contributed by atoms with Crippen molar-refractivity contribution in [3.63, 3.8) is 0 Å². The van der Waals surface area contributed by atoms with Crippen LogP contribution in [-0.2, 0) is 17.8 Å². The quantitative estimate of drug-likeness (QED) is 0.821. The minimum atomic E-state index is -0.383. The Morgan fingerprint density at radius 3 is 2.18 bits per heavy atom. The molecule has 116 valence electrons. The zero-order valence-electron chi connectivity index (χ0n) is 12.2. The highest BCUT2D eigenvalue weighted by Crippen LogP contribution is 2.15. The number of halogens is 1. The maximum atomic E-state index is 12.8. The average Bonchev–Trinajstić information content (AvgIpc) is 2.53. The molecule has 0 fully saturated rings. The first-order valence-electron chi connectivity index (χ1n) is 7.04. The van der Waals surface area contributed by atoms with Crippen LogP contribution in [-0.4, -0.2) is 12.5 Å². The number of hydrogen-bond acceptors (Lipinski definition) is 3. The monoisotopic (exact) mass is 302 g/mol. The lowest BCUT2D eigenvalue weighted by Gasteiger charge is -2.11. The van der Waals surface area contributed by atoms with E-state index in [0.29, 0.717) is 18.8 Å². The summed E-state index contributed by atoms with van der Waals surface area (Å²) in [4.78, 5) is 11.2. The van der Waals surface area contributed by atoms with E-state index in [1.807, 2.05) is 24.3 Å². The van der Waals surface area contributed by atoms with Crippen molar-refractivity contribution >= 4 is 5.91 Å². The molecule has 0 unspecified atom stereocenters. The molecule has 0 aliphatic carbocycles. The lowest BCUT2D eigenvalue weighted by Crippen LogP contribution is -2.31. The predicted molar refractivity (Wildman–Crippen MR) is 82.6 cm³/mol. The molecule has 2 aromatic carbocycles. The second-order valence-electron chi connectivity index (χ2n) is 5.10. The van der Waals surface area contributed by atoms with Crippen LogP contribution in [0.1, 0.15) is 11.1 Å². The third-order valence-electron chi connectivity index (χ3n) is 3.41. The summed E-state index contributed by atoms with van der Waals surface area (Å²) in [5.41, 5.74) is 12.8. The SMILES string of the molecule is NC[C@H](Cc1ccc(COc2ccc(F)cc2)cc1)C(N)=O. The minimum Gasteiger partial charge on any atom is -0.489 e. The first kappa shape index (κ1) is 16.0. The second-order valence-corrected chi connectivity index (χ2v) is 5.10.